The van der Waals surface area contributed by atoms with Crippen molar-refractivity contribution in [2.45, 2.75) is 141 Å². The van der Waals surface area contributed by atoms with Gasteiger partial charge >= 0.3 is 12.2 Å². The van der Waals surface area contributed by atoms with Gasteiger partial charge in [0.2, 0.25) is 23.7 Å². The van der Waals surface area contributed by atoms with Gasteiger partial charge in [0.05, 0.1) is 37.7 Å². The van der Waals surface area contributed by atoms with Crippen LogP contribution in [0.5, 0.6) is 0 Å². The lowest BCUT2D eigenvalue weighted by atomic mass is 9.81. The van der Waals surface area contributed by atoms with Crippen LogP contribution in [0.2, 0.25) is 10.3 Å². The van der Waals surface area contributed by atoms with E-state index in [4.69, 9.17) is 37.7 Å². The maximum Gasteiger partial charge on any atom is 0.407 e. The second-order valence-corrected chi connectivity index (χ2v) is 20.5. The number of hydrogen-bond acceptors (Lipinski definition) is 8. The van der Waals surface area contributed by atoms with Crippen LogP contribution < -0.4 is 10.6 Å². The Bertz CT molecular complexity index is 2500. The molecule has 14 nitrogen and oxygen atoms in total. The number of nitrogens with one attached hydrogen (secondary N) is 4. The predicted octanol–water partition coefficient (Wildman–Crippen LogP) is 11.8. The number of alkyl carbamates (subject to hydrolysis) is 2. The molecule has 3 aliphatic rings. The van der Waals surface area contributed by atoms with E-state index in [2.05, 4.69) is 25.6 Å². The number of ether oxygens (including phenoxy) is 2. The van der Waals surface area contributed by atoms with Gasteiger partial charge in [0, 0.05) is 49.4 Å². The predicted molar refractivity (Wildman–Crippen MR) is 262 cm³/mol. The van der Waals surface area contributed by atoms with Crippen molar-refractivity contribution in [1.82, 2.24) is 40.4 Å². The smallest absolute Gasteiger partial charge is 0.407 e. The van der Waals surface area contributed by atoms with Crippen LogP contribution in [0.1, 0.15) is 123 Å². The molecule has 386 valence electrons. The van der Waals surface area contributed by atoms with Gasteiger partial charge in [-0.25, -0.2) is 37.1 Å². The van der Waals surface area contributed by atoms with Crippen molar-refractivity contribution >= 4 is 47.2 Å². The van der Waals surface area contributed by atoms with Gasteiger partial charge in [0.15, 0.2) is 10.3 Å². The normalized spacial score (nSPS) is 21.6. The zero-order valence-corrected chi connectivity index (χ0v) is 42.6. The molecule has 4 amide bonds. The molecule has 0 radical (unpaired) electrons. The summed E-state index contributed by atoms with van der Waals surface area (Å²) in [5.41, 5.74) is 4.40. The molecule has 1 unspecified atom stereocenters. The summed E-state index contributed by atoms with van der Waals surface area (Å²) in [6, 6.07) is 11.9. The summed E-state index contributed by atoms with van der Waals surface area (Å²) in [6.07, 6.45) is -1.77. The molecule has 2 aromatic carbocycles. The van der Waals surface area contributed by atoms with E-state index in [1.165, 1.54) is 14.2 Å². The topological polar surface area (TPSA) is 175 Å². The number of likely N-dealkylation sites (tertiary alicyclic amines) is 1. The molecule has 1 aliphatic heterocycles. The number of benzene rings is 2. The first-order valence-electron chi connectivity index (χ1n) is 24.4. The van der Waals surface area contributed by atoms with Crippen LogP contribution in [0.3, 0.4) is 0 Å². The van der Waals surface area contributed by atoms with Gasteiger partial charge in [0.25, 0.3) is 0 Å². The molecular formula is C51H64Cl2F4N8O6. The Morgan fingerprint density at radius 3 is 1.68 bits per heavy atom. The van der Waals surface area contributed by atoms with Crippen LogP contribution >= 0.6 is 23.2 Å². The lowest BCUT2D eigenvalue weighted by Crippen LogP contribution is -2.54. The quantitative estimate of drug-likeness (QED) is 0.0851. The number of amides is 4. The fourth-order valence-electron chi connectivity index (χ4n) is 10.5. The van der Waals surface area contributed by atoms with Crippen molar-refractivity contribution in [1.29, 1.82) is 0 Å². The minimum atomic E-state index is -2.82. The first kappa shape index (κ1) is 53.4. The highest BCUT2D eigenvalue weighted by molar-refractivity contribution is 6.32. The summed E-state index contributed by atoms with van der Waals surface area (Å²) in [5, 5.41) is 5.72. The molecule has 6 atom stereocenters. The second-order valence-electron chi connectivity index (χ2n) is 19.8. The van der Waals surface area contributed by atoms with E-state index in [1.54, 1.807) is 9.80 Å². The first-order valence-corrected chi connectivity index (χ1v) is 25.2. The summed E-state index contributed by atoms with van der Waals surface area (Å²) in [5.74, 6) is -6.34. The minimum Gasteiger partial charge on any atom is -0.453 e. The Balaban J connectivity index is 1.08. The number of hydrogen-bond donors (Lipinski definition) is 4. The Hall–Kier alpha value is -5.36. The number of likely N-dealkylation sites (N-methyl/N-ethyl adjacent to an activating group) is 1. The van der Waals surface area contributed by atoms with Crippen LogP contribution in [-0.2, 0) is 19.1 Å². The van der Waals surface area contributed by atoms with Crippen LogP contribution in [0.15, 0.2) is 48.5 Å². The zero-order valence-electron chi connectivity index (χ0n) is 41.1. The number of methoxy groups -OCH3 is 2. The molecule has 3 fully saturated rings. The number of H-pyrrole nitrogens is 2. The van der Waals surface area contributed by atoms with Crippen LogP contribution in [0, 0.1) is 23.7 Å². The highest BCUT2D eigenvalue weighted by Crippen LogP contribution is 2.44. The number of carbonyl (C=O) groups excluding carboxylic acids is 4. The fourth-order valence-corrected chi connectivity index (χ4v) is 11.0. The number of imidazole rings is 2. The van der Waals surface area contributed by atoms with Gasteiger partial charge in [-0.05, 0) is 87.2 Å². The summed E-state index contributed by atoms with van der Waals surface area (Å²) < 4.78 is 66.3. The largest absolute Gasteiger partial charge is 0.453 e. The van der Waals surface area contributed by atoms with Crippen LogP contribution in [0.25, 0.3) is 33.6 Å². The summed E-state index contributed by atoms with van der Waals surface area (Å²) in [7, 11) is 2.38. The Kier molecular flexibility index (Phi) is 16.7. The Morgan fingerprint density at radius 2 is 1.20 bits per heavy atom. The maximum atomic E-state index is 14.4. The highest BCUT2D eigenvalue weighted by atomic mass is 35.5. The number of halogens is 6. The molecule has 0 bridgehead atoms. The molecule has 71 heavy (non-hydrogen) atoms. The average molecular weight is 1030 g/mol. The number of carbonyl (C=O) groups is 4. The fraction of sp³-hybridized carbons (Fsp3) is 0.569. The van der Waals surface area contributed by atoms with Gasteiger partial charge in [-0.2, -0.15) is 0 Å². The Morgan fingerprint density at radius 1 is 0.746 bits per heavy atom. The molecule has 2 aliphatic carbocycles. The molecule has 0 spiro atoms. The molecule has 2 aromatic heterocycles. The lowest BCUT2D eigenvalue weighted by molar-refractivity contribution is -0.140. The standard InChI is InChI=1S/C51H64Cl2F4N8O6/c1-8-64(46(66)40(60-48(68)70-6)34-17-21-50(54,55)22-18-34)36(25-27(2)3)44-58-38(42(52)62-44)32-13-9-30(10-14-32)31-11-15-33(16-12-31)39-43(53)63-45(59-39)37-26-28(4)29(5)65(37)47(67)41(61-49(69)71-7)35-19-23-51(56,57)24-20-35/h9-16,27-29,34-37,40-41H,8,17-26H2,1-7H3,(H,58,62)(H,59,63)(H,60,68)(H,61,69)/t28?,29-,36+,37+,40+,41+/m1/s1. The van der Waals surface area contributed by atoms with E-state index in [0.29, 0.717) is 35.9 Å². The van der Waals surface area contributed by atoms with Gasteiger partial charge in [-0.15, -0.1) is 0 Å². The molecular weight excluding hydrogens is 968 g/mol. The number of alkyl halides is 4. The van der Waals surface area contributed by atoms with Crippen molar-refractivity contribution < 1.29 is 46.2 Å². The first-order chi connectivity index (χ1) is 33.6. The van der Waals surface area contributed by atoms with E-state index >= 15 is 0 Å². The van der Waals surface area contributed by atoms with Crippen molar-refractivity contribution in [3.8, 4) is 33.6 Å². The third kappa shape index (κ3) is 12.1. The second kappa shape index (κ2) is 22.2. The molecule has 4 N–H and O–H groups in total. The summed E-state index contributed by atoms with van der Waals surface area (Å²) >= 11 is 13.6. The van der Waals surface area contributed by atoms with Crippen molar-refractivity contribution in [3.63, 3.8) is 0 Å². The molecule has 4 aromatic rings. The monoisotopic (exact) mass is 1030 g/mol. The molecule has 1 saturated heterocycles. The summed E-state index contributed by atoms with van der Waals surface area (Å²) in [6.45, 7) is 10.1. The lowest BCUT2D eigenvalue weighted by Gasteiger charge is -2.38. The van der Waals surface area contributed by atoms with Crippen molar-refractivity contribution in [2.75, 3.05) is 20.8 Å². The molecule has 20 heteroatoms. The van der Waals surface area contributed by atoms with Gasteiger partial charge < -0.3 is 39.9 Å². The zero-order chi connectivity index (χ0) is 51.5. The van der Waals surface area contributed by atoms with Crippen LogP contribution in [-0.4, -0.2) is 104 Å². The van der Waals surface area contributed by atoms with Crippen molar-refractivity contribution in [3.05, 3.63) is 70.5 Å². The van der Waals surface area contributed by atoms with Crippen LogP contribution in [0.4, 0.5) is 27.2 Å². The van der Waals surface area contributed by atoms with Gasteiger partial charge in [-0.1, -0.05) is 92.5 Å². The van der Waals surface area contributed by atoms with Gasteiger partial charge in [0.1, 0.15) is 23.7 Å². The third-order valence-corrected chi connectivity index (χ3v) is 15.3. The number of aromatic nitrogens is 4. The average Bonchev–Trinajstić information content (AvgIpc) is 4.02. The molecule has 2 saturated carbocycles. The van der Waals surface area contributed by atoms with E-state index in [1.807, 2.05) is 83.1 Å². The number of aromatic amines is 2. The molecule has 3 heterocycles. The number of nitrogens with zero attached hydrogens (tertiary/aromatic N) is 4. The third-order valence-electron chi connectivity index (χ3n) is 14.7. The summed E-state index contributed by atoms with van der Waals surface area (Å²) in [4.78, 5) is 73.2. The minimum absolute atomic E-state index is 0.0535. The Labute approximate surface area is 421 Å². The van der Waals surface area contributed by atoms with E-state index in [-0.39, 0.29) is 92.0 Å². The maximum absolute atomic E-state index is 14.4. The van der Waals surface area contributed by atoms with Crippen molar-refractivity contribution in [2.24, 2.45) is 23.7 Å². The van der Waals surface area contributed by atoms with E-state index < -0.39 is 65.9 Å². The number of rotatable bonds is 15. The van der Waals surface area contributed by atoms with E-state index in [0.717, 1.165) is 22.3 Å². The highest BCUT2D eigenvalue weighted by Gasteiger charge is 2.48. The van der Waals surface area contributed by atoms with Gasteiger partial charge in [-0.3, -0.25) is 9.59 Å². The van der Waals surface area contributed by atoms with E-state index in [9.17, 15) is 36.7 Å². The molecule has 7 rings (SSSR count). The SMILES string of the molecule is CCN(C(=O)[C@@H](NC(=O)OC)C1CCC(F)(F)CC1)[C@@H](CC(C)C)c1nc(Cl)c(-c2ccc(-c3ccc(-c4[nH]c([C@@H]5CC(C)[C@@H](C)N5C(=O)[C@@H](NC(=O)OC)C5CCC(F)(F)CC5)nc4Cl)cc3)cc2)[nH]1.